The molecule has 0 saturated carbocycles. The number of carbonyl (C=O) groups excluding carboxylic acids is 2. The Hall–Kier alpha value is -3.65. The second-order valence-electron chi connectivity index (χ2n) is 8.06. The van der Waals surface area contributed by atoms with E-state index < -0.39 is 23.3 Å². The lowest BCUT2D eigenvalue weighted by Crippen LogP contribution is -2.46. The summed E-state index contributed by atoms with van der Waals surface area (Å²) < 4.78 is 28.5. The van der Waals surface area contributed by atoms with Crippen LogP contribution in [0.25, 0.3) is 0 Å². The molecular formula is C25H22ClF2N3O3. The van der Waals surface area contributed by atoms with Gasteiger partial charge >= 0.3 is 6.03 Å². The average molecular weight is 486 g/mol. The molecule has 6 nitrogen and oxygen atoms in total. The Morgan fingerprint density at radius 1 is 1.15 bits per heavy atom. The molecule has 1 aliphatic heterocycles. The highest BCUT2D eigenvalue weighted by Gasteiger charge is 2.34. The number of phenols is 1. The number of nitrogens with zero attached hydrogens (tertiary/aromatic N) is 2. The lowest BCUT2D eigenvalue weighted by atomic mass is 9.98. The molecule has 3 amide bonds. The molecule has 3 aromatic rings. The number of fused-ring (bicyclic) bond motifs is 1. The van der Waals surface area contributed by atoms with Gasteiger partial charge in [-0.15, -0.1) is 0 Å². The predicted octanol–water partition coefficient (Wildman–Crippen LogP) is 5.39. The number of halogens is 3. The number of rotatable bonds is 5. The van der Waals surface area contributed by atoms with Crippen LogP contribution >= 0.6 is 11.6 Å². The van der Waals surface area contributed by atoms with Crippen molar-refractivity contribution >= 4 is 29.2 Å². The summed E-state index contributed by atoms with van der Waals surface area (Å²) >= 11 is 6.19. The SMILES string of the molecule is C[C@H]1c2ccc(C(=O)NCc3cccc(O)c3F)cc2N(Cc2c(F)cccc2Cl)C(=O)N1C. The number of hydrogen-bond acceptors (Lipinski definition) is 3. The van der Waals surface area contributed by atoms with Crippen molar-refractivity contribution in [2.75, 3.05) is 11.9 Å². The van der Waals surface area contributed by atoms with E-state index in [4.69, 9.17) is 11.6 Å². The Labute approximate surface area is 200 Å². The zero-order valence-electron chi connectivity index (χ0n) is 18.5. The lowest BCUT2D eigenvalue weighted by Gasteiger charge is -2.39. The third-order valence-corrected chi connectivity index (χ3v) is 6.38. The molecule has 0 spiro atoms. The Balaban J connectivity index is 1.65. The zero-order valence-corrected chi connectivity index (χ0v) is 19.2. The van der Waals surface area contributed by atoms with Crippen molar-refractivity contribution in [2.45, 2.75) is 26.1 Å². The van der Waals surface area contributed by atoms with E-state index in [-0.39, 0.29) is 46.9 Å². The number of hydrogen-bond donors (Lipinski definition) is 2. The van der Waals surface area contributed by atoms with Crippen molar-refractivity contribution in [3.05, 3.63) is 93.5 Å². The highest BCUT2D eigenvalue weighted by atomic mass is 35.5. The summed E-state index contributed by atoms with van der Waals surface area (Å²) in [6.07, 6.45) is 0. The summed E-state index contributed by atoms with van der Waals surface area (Å²) in [7, 11) is 1.65. The van der Waals surface area contributed by atoms with E-state index in [1.807, 2.05) is 6.92 Å². The largest absolute Gasteiger partial charge is 0.505 e. The molecule has 176 valence electrons. The maximum atomic E-state index is 14.5. The van der Waals surface area contributed by atoms with Gasteiger partial charge in [0.1, 0.15) is 5.82 Å². The van der Waals surface area contributed by atoms with E-state index in [1.54, 1.807) is 31.3 Å². The Kier molecular flexibility index (Phi) is 6.43. The number of phenolic OH excluding ortho intramolecular Hbond substituents is 1. The summed E-state index contributed by atoms with van der Waals surface area (Å²) in [5.74, 6) is -2.33. The van der Waals surface area contributed by atoms with Crippen LogP contribution in [0.3, 0.4) is 0 Å². The summed E-state index contributed by atoms with van der Waals surface area (Å²) in [5, 5.41) is 12.3. The van der Waals surface area contributed by atoms with Crippen LogP contribution in [0.4, 0.5) is 19.3 Å². The van der Waals surface area contributed by atoms with Crippen LogP contribution in [0.5, 0.6) is 5.75 Å². The molecule has 34 heavy (non-hydrogen) atoms. The van der Waals surface area contributed by atoms with Crippen LogP contribution in [-0.2, 0) is 13.1 Å². The first-order valence-electron chi connectivity index (χ1n) is 10.5. The molecule has 0 aliphatic carbocycles. The van der Waals surface area contributed by atoms with Crippen molar-refractivity contribution in [3.63, 3.8) is 0 Å². The molecule has 0 aromatic heterocycles. The van der Waals surface area contributed by atoms with Crippen molar-refractivity contribution in [1.29, 1.82) is 0 Å². The average Bonchev–Trinajstić information content (AvgIpc) is 2.82. The van der Waals surface area contributed by atoms with Crippen molar-refractivity contribution in [1.82, 2.24) is 10.2 Å². The Bertz CT molecular complexity index is 1260. The number of nitrogens with one attached hydrogen (secondary N) is 1. The second kappa shape index (κ2) is 9.30. The van der Waals surface area contributed by atoms with Crippen LogP contribution < -0.4 is 10.2 Å². The van der Waals surface area contributed by atoms with E-state index >= 15 is 0 Å². The van der Waals surface area contributed by atoms with Crippen LogP contribution in [0.1, 0.15) is 40.0 Å². The van der Waals surface area contributed by atoms with Crippen LogP contribution in [0, 0.1) is 11.6 Å². The van der Waals surface area contributed by atoms with Crippen molar-refractivity contribution < 1.29 is 23.5 Å². The molecule has 1 atom stereocenters. The van der Waals surface area contributed by atoms with Gasteiger partial charge < -0.3 is 15.3 Å². The van der Waals surface area contributed by atoms with Crippen LogP contribution in [-0.4, -0.2) is 29.0 Å². The number of amides is 3. The standard InChI is InChI=1S/C25H22ClF2N3O3/c1-14-17-10-9-15(24(33)29-12-16-5-3-8-22(32)23(16)28)11-21(17)31(25(34)30(14)2)13-18-19(26)6-4-7-20(18)27/h3-11,14,32H,12-13H2,1-2H3,(H,29,33)/t14-/m0/s1. The normalized spacial score (nSPS) is 15.3. The van der Waals surface area contributed by atoms with Gasteiger partial charge in [-0.2, -0.15) is 0 Å². The molecular weight excluding hydrogens is 464 g/mol. The van der Waals surface area contributed by atoms with Gasteiger partial charge in [-0.25, -0.2) is 13.6 Å². The summed E-state index contributed by atoms with van der Waals surface area (Å²) in [6, 6.07) is 12.7. The first-order chi connectivity index (χ1) is 16.2. The molecule has 1 heterocycles. The molecule has 1 aliphatic rings. The minimum Gasteiger partial charge on any atom is -0.505 e. The topological polar surface area (TPSA) is 72.9 Å². The molecule has 0 unspecified atom stereocenters. The van der Waals surface area contributed by atoms with E-state index in [9.17, 15) is 23.5 Å². The minimum atomic E-state index is -0.802. The molecule has 2 N–H and O–H groups in total. The molecule has 3 aromatic carbocycles. The second-order valence-corrected chi connectivity index (χ2v) is 8.47. The van der Waals surface area contributed by atoms with Crippen LogP contribution in [0.2, 0.25) is 5.02 Å². The highest BCUT2D eigenvalue weighted by molar-refractivity contribution is 6.31. The summed E-state index contributed by atoms with van der Waals surface area (Å²) in [6.45, 7) is 1.60. The third-order valence-electron chi connectivity index (χ3n) is 6.02. The smallest absolute Gasteiger partial charge is 0.325 e. The van der Waals surface area contributed by atoms with Gasteiger partial charge in [-0.3, -0.25) is 9.69 Å². The van der Waals surface area contributed by atoms with E-state index in [2.05, 4.69) is 5.32 Å². The van der Waals surface area contributed by atoms with Crippen molar-refractivity contribution in [2.24, 2.45) is 0 Å². The number of anilines is 1. The monoisotopic (exact) mass is 485 g/mol. The van der Waals surface area contributed by atoms with Crippen molar-refractivity contribution in [3.8, 4) is 5.75 Å². The van der Waals surface area contributed by atoms with Gasteiger partial charge in [0.2, 0.25) is 0 Å². The van der Waals surface area contributed by atoms with E-state index in [0.717, 1.165) is 5.56 Å². The van der Waals surface area contributed by atoms with E-state index in [0.29, 0.717) is 5.69 Å². The lowest BCUT2D eigenvalue weighted by molar-refractivity contribution is 0.0950. The molecule has 0 fully saturated rings. The van der Waals surface area contributed by atoms with Crippen LogP contribution in [0.15, 0.2) is 54.6 Å². The van der Waals surface area contributed by atoms with Gasteiger partial charge in [0.15, 0.2) is 11.6 Å². The van der Waals surface area contributed by atoms with Gasteiger partial charge in [0, 0.05) is 35.3 Å². The number of carbonyl (C=O) groups is 2. The Morgan fingerprint density at radius 2 is 1.88 bits per heavy atom. The maximum absolute atomic E-state index is 14.5. The predicted molar refractivity (Wildman–Crippen MR) is 125 cm³/mol. The zero-order chi connectivity index (χ0) is 24.6. The number of aromatic hydroxyl groups is 1. The first kappa shape index (κ1) is 23.5. The maximum Gasteiger partial charge on any atom is 0.325 e. The fourth-order valence-electron chi connectivity index (χ4n) is 3.91. The first-order valence-corrected chi connectivity index (χ1v) is 10.9. The highest BCUT2D eigenvalue weighted by Crippen LogP contribution is 2.38. The van der Waals surface area contributed by atoms with Gasteiger partial charge in [0.05, 0.1) is 18.3 Å². The molecule has 0 saturated heterocycles. The van der Waals surface area contributed by atoms with E-state index in [1.165, 1.54) is 40.1 Å². The molecule has 9 heteroatoms. The summed E-state index contributed by atoms with van der Waals surface area (Å²) in [4.78, 5) is 28.8. The molecule has 4 rings (SSSR count). The third kappa shape index (κ3) is 4.28. The molecule has 0 radical (unpaired) electrons. The summed E-state index contributed by atoms with van der Waals surface area (Å²) in [5.41, 5.74) is 1.79. The fraction of sp³-hybridized carbons (Fsp3) is 0.200. The van der Waals surface area contributed by atoms with Gasteiger partial charge in [-0.05, 0) is 42.8 Å². The van der Waals surface area contributed by atoms with Gasteiger partial charge in [0.25, 0.3) is 5.91 Å². The minimum absolute atomic E-state index is 0.117. The molecule has 0 bridgehead atoms. The Morgan fingerprint density at radius 3 is 2.62 bits per heavy atom. The fourth-order valence-corrected chi connectivity index (χ4v) is 4.14. The number of urea groups is 1. The number of benzene rings is 3. The quantitative estimate of drug-likeness (QED) is 0.509. The van der Waals surface area contributed by atoms with Gasteiger partial charge in [-0.1, -0.05) is 35.9 Å².